The van der Waals surface area contributed by atoms with Crippen molar-refractivity contribution in [3.63, 3.8) is 0 Å². The van der Waals surface area contributed by atoms with Crippen LogP contribution in [0.1, 0.15) is 31.3 Å². The number of hydrogen-bond donors (Lipinski definition) is 2. The molecule has 2 fully saturated rings. The number of carbonyl (C=O) groups is 1. The van der Waals surface area contributed by atoms with E-state index in [1.54, 1.807) is 6.92 Å². The Morgan fingerprint density at radius 1 is 1.33 bits per heavy atom. The lowest BCUT2D eigenvalue weighted by atomic mass is 9.86. The van der Waals surface area contributed by atoms with Gasteiger partial charge in [0.2, 0.25) is 10.0 Å². The van der Waals surface area contributed by atoms with Gasteiger partial charge in [-0.15, -0.1) is 0 Å². The summed E-state index contributed by atoms with van der Waals surface area (Å²) in [6.45, 7) is 6.61. The summed E-state index contributed by atoms with van der Waals surface area (Å²) in [6, 6.07) is 3.77. The largest absolute Gasteiger partial charge is 0.490 e. The molecule has 0 amide bonds. The molecule has 0 radical (unpaired) electrons. The first-order valence-corrected chi connectivity index (χ1v) is 11.3. The minimum absolute atomic E-state index is 0.0142. The van der Waals surface area contributed by atoms with Crippen LogP contribution in [0.3, 0.4) is 0 Å². The number of piperidine rings is 1. The van der Waals surface area contributed by atoms with Gasteiger partial charge in [0.1, 0.15) is 11.5 Å². The Kier molecular flexibility index (Phi) is 8.31. The van der Waals surface area contributed by atoms with E-state index in [1.807, 2.05) is 19.1 Å². The Hall–Kier alpha value is -1.63. The van der Waals surface area contributed by atoms with Gasteiger partial charge in [-0.25, -0.2) is 17.9 Å². The summed E-state index contributed by atoms with van der Waals surface area (Å²) < 4.78 is 70.2. The van der Waals surface area contributed by atoms with E-state index in [-0.39, 0.29) is 17.9 Å². The fraction of sp³-hybridized carbons (Fsp3) is 0.722. The van der Waals surface area contributed by atoms with Crippen molar-refractivity contribution in [1.82, 2.24) is 9.62 Å². The molecule has 3 heterocycles. The fourth-order valence-corrected chi connectivity index (χ4v) is 4.47. The molecule has 172 valence electrons. The molecule has 1 aromatic rings. The summed E-state index contributed by atoms with van der Waals surface area (Å²) in [6.07, 6.45) is -2.97. The summed E-state index contributed by atoms with van der Waals surface area (Å²) >= 11 is 0. The van der Waals surface area contributed by atoms with Crippen molar-refractivity contribution in [2.75, 3.05) is 25.4 Å². The molecular formula is C18H27F3N2O6S. The molecule has 12 heteroatoms. The number of carboxylic acid groups (broad SMARTS) is 1. The van der Waals surface area contributed by atoms with Crippen LogP contribution < -0.4 is 4.72 Å². The van der Waals surface area contributed by atoms with Gasteiger partial charge in [0.15, 0.2) is 0 Å². The first-order chi connectivity index (χ1) is 13.9. The third-order valence-corrected chi connectivity index (χ3v) is 6.39. The highest BCUT2D eigenvalue weighted by Crippen LogP contribution is 2.30. The third kappa shape index (κ3) is 7.25. The minimum Gasteiger partial charge on any atom is -0.475 e. The van der Waals surface area contributed by atoms with Crippen LogP contribution in [0.4, 0.5) is 13.2 Å². The van der Waals surface area contributed by atoms with E-state index in [1.165, 1.54) is 0 Å². The molecule has 2 aliphatic rings. The molecule has 2 aliphatic heterocycles. The van der Waals surface area contributed by atoms with Crippen molar-refractivity contribution in [2.24, 2.45) is 5.92 Å². The molecule has 30 heavy (non-hydrogen) atoms. The Bertz CT molecular complexity index is 811. The van der Waals surface area contributed by atoms with Gasteiger partial charge in [0, 0.05) is 19.7 Å². The van der Waals surface area contributed by atoms with Crippen LogP contribution in [-0.4, -0.2) is 68.2 Å². The average molecular weight is 456 g/mol. The van der Waals surface area contributed by atoms with Crippen LogP contribution in [0.15, 0.2) is 16.5 Å². The number of aryl methyl sites for hydroxylation is 1. The maximum Gasteiger partial charge on any atom is 0.490 e. The summed E-state index contributed by atoms with van der Waals surface area (Å²) in [4.78, 5) is 11.2. The molecule has 1 aromatic heterocycles. The fourth-order valence-electron chi connectivity index (χ4n) is 3.63. The van der Waals surface area contributed by atoms with Gasteiger partial charge in [0.05, 0.1) is 24.4 Å². The molecule has 0 spiro atoms. The number of fused-ring (bicyclic) bond motifs is 1. The number of alkyl halides is 3. The van der Waals surface area contributed by atoms with E-state index < -0.39 is 22.2 Å². The van der Waals surface area contributed by atoms with Crippen LogP contribution in [-0.2, 0) is 26.1 Å². The molecular weight excluding hydrogens is 429 g/mol. The lowest BCUT2D eigenvalue weighted by molar-refractivity contribution is -0.192. The molecule has 2 N–H and O–H groups in total. The predicted octanol–water partition coefficient (Wildman–Crippen LogP) is 2.14. The normalized spacial score (nSPS) is 25.2. The van der Waals surface area contributed by atoms with Crippen molar-refractivity contribution in [2.45, 2.75) is 51.6 Å². The van der Waals surface area contributed by atoms with Crippen molar-refractivity contribution >= 4 is 16.0 Å². The number of halogens is 3. The van der Waals surface area contributed by atoms with E-state index >= 15 is 0 Å². The zero-order chi connectivity index (χ0) is 22.5. The van der Waals surface area contributed by atoms with E-state index in [9.17, 15) is 21.6 Å². The van der Waals surface area contributed by atoms with Gasteiger partial charge in [-0.05, 0) is 44.7 Å². The first-order valence-electron chi connectivity index (χ1n) is 9.60. The predicted molar refractivity (Wildman–Crippen MR) is 101 cm³/mol. The van der Waals surface area contributed by atoms with Gasteiger partial charge < -0.3 is 14.3 Å². The van der Waals surface area contributed by atoms with Crippen LogP contribution in [0.25, 0.3) is 0 Å². The highest BCUT2D eigenvalue weighted by Gasteiger charge is 2.41. The topological polar surface area (TPSA) is 109 Å². The van der Waals surface area contributed by atoms with Crippen LogP contribution >= 0.6 is 0 Å². The second-order valence-corrected chi connectivity index (χ2v) is 9.42. The number of aliphatic carboxylic acids is 1. The number of ether oxygens (including phenoxy) is 1. The molecule has 0 unspecified atom stereocenters. The van der Waals surface area contributed by atoms with E-state index in [4.69, 9.17) is 19.1 Å². The summed E-state index contributed by atoms with van der Waals surface area (Å²) in [5.41, 5.74) is 0. The SMILES string of the molecule is CCS(=O)(=O)N[C@@H]1CN(Cc2ccc(C)o2)C[C@@H]2CCCO[C@@H]21.O=C(O)C(F)(F)F. The van der Waals surface area contributed by atoms with Crippen molar-refractivity contribution in [3.8, 4) is 0 Å². The maximum absolute atomic E-state index is 12.0. The van der Waals surface area contributed by atoms with Crippen molar-refractivity contribution in [3.05, 3.63) is 23.7 Å². The zero-order valence-corrected chi connectivity index (χ0v) is 17.6. The number of sulfonamides is 1. The lowest BCUT2D eigenvalue weighted by Gasteiger charge is -2.45. The second-order valence-electron chi connectivity index (χ2n) is 7.37. The first kappa shape index (κ1) is 24.6. The van der Waals surface area contributed by atoms with Crippen LogP contribution in [0.5, 0.6) is 0 Å². The Morgan fingerprint density at radius 2 is 2.00 bits per heavy atom. The highest BCUT2D eigenvalue weighted by molar-refractivity contribution is 7.89. The number of likely N-dealkylation sites (tertiary alicyclic amines) is 1. The number of nitrogens with zero attached hydrogens (tertiary/aromatic N) is 1. The quantitative estimate of drug-likeness (QED) is 0.699. The van der Waals surface area contributed by atoms with Gasteiger partial charge in [-0.1, -0.05) is 0 Å². The minimum atomic E-state index is -5.08. The molecule has 2 saturated heterocycles. The molecule has 0 bridgehead atoms. The van der Waals surface area contributed by atoms with Gasteiger partial charge >= 0.3 is 12.1 Å². The Balaban J connectivity index is 0.000000396. The van der Waals surface area contributed by atoms with Gasteiger partial charge in [-0.3, -0.25) is 4.90 Å². The summed E-state index contributed by atoms with van der Waals surface area (Å²) in [7, 11) is -3.24. The lowest BCUT2D eigenvalue weighted by Crippen LogP contribution is -2.60. The number of carboxylic acids is 1. The van der Waals surface area contributed by atoms with Gasteiger partial charge in [0.25, 0.3) is 0 Å². The second kappa shape index (κ2) is 10.1. The monoisotopic (exact) mass is 456 g/mol. The van der Waals surface area contributed by atoms with E-state index in [0.29, 0.717) is 19.0 Å². The average Bonchev–Trinajstić information content (AvgIpc) is 3.06. The number of nitrogens with one attached hydrogen (secondary N) is 1. The number of rotatable bonds is 5. The van der Waals surface area contributed by atoms with Crippen LogP contribution in [0.2, 0.25) is 0 Å². The molecule has 3 atom stereocenters. The summed E-state index contributed by atoms with van der Waals surface area (Å²) in [5.74, 6) is -0.461. The van der Waals surface area contributed by atoms with E-state index in [2.05, 4.69) is 9.62 Å². The zero-order valence-electron chi connectivity index (χ0n) is 16.8. The van der Waals surface area contributed by atoms with E-state index in [0.717, 1.165) is 37.5 Å². The van der Waals surface area contributed by atoms with Crippen molar-refractivity contribution < 1.29 is 40.6 Å². The maximum atomic E-state index is 12.0. The Morgan fingerprint density at radius 3 is 2.53 bits per heavy atom. The van der Waals surface area contributed by atoms with Crippen LogP contribution in [0, 0.1) is 12.8 Å². The van der Waals surface area contributed by atoms with Gasteiger partial charge in [-0.2, -0.15) is 13.2 Å². The molecule has 3 rings (SSSR count). The number of hydrogen-bond acceptors (Lipinski definition) is 6. The summed E-state index contributed by atoms with van der Waals surface area (Å²) in [5, 5.41) is 7.12. The third-order valence-electron chi connectivity index (χ3n) is 4.97. The standard InChI is InChI=1S/C16H26N2O4S.C2HF3O2/c1-3-23(19,20)17-15-11-18(10-14-7-6-12(2)22-14)9-13-5-4-8-21-16(13)15;3-2(4,5)1(6)7/h6-7,13,15-17H,3-5,8-11H2,1-2H3;(H,6,7)/t13-,15+,16-;/m0./s1. The number of furan rings is 1. The molecule has 0 aliphatic carbocycles. The Labute approximate surface area is 173 Å². The molecule has 0 aromatic carbocycles. The molecule has 0 saturated carbocycles. The smallest absolute Gasteiger partial charge is 0.475 e. The van der Waals surface area contributed by atoms with Crippen molar-refractivity contribution in [1.29, 1.82) is 0 Å². The highest BCUT2D eigenvalue weighted by atomic mass is 32.2. The molecule has 8 nitrogen and oxygen atoms in total.